The van der Waals surface area contributed by atoms with Crippen molar-refractivity contribution in [3.05, 3.63) is 59.7 Å². The third-order valence-corrected chi connectivity index (χ3v) is 5.78. The van der Waals surface area contributed by atoms with Crippen molar-refractivity contribution in [3.63, 3.8) is 0 Å². The second kappa shape index (κ2) is 7.16. The van der Waals surface area contributed by atoms with Gasteiger partial charge in [0, 0.05) is 44.1 Å². The lowest BCUT2D eigenvalue weighted by atomic mass is 9.77. The monoisotopic (exact) mass is 350 g/mol. The molecule has 0 aliphatic carbocycles. The predicted molar refractivity (Wildman–Crippen MR) is 100 cm³/mol. The van der Waals surface area contributed by atoms with Crippen LogP contribution in [0, 0.1) is 12.3 Å². The van der Waals surface area contributed by atoms with Crippen LogP contribution in [0.1, 0.15) is 36.2 Å². The molecule has 0 aromatic carbocycles. The molecule has 136 valence electrons. The van der Waals surface area contributed by atoms with Gasteiger partial charge in [-0.25, -0.2) is 0 Å². The zero-order chi connectivity index (χ0) is 18.0. The first kappa shape index (κ1) is 17.2. The Balaban J connectivity index is 1.34. The fraction of sp³-hybridized carbons (Fsp3) is 0.476. The predicted octanol–water partition coefficient (Wildman–Crippen LogP) is 2.80. The van der Waals surface area contributed by atoms with Crippen LogP contribution in [0.5, 0.6) is 0 Å². The van der Waals surface area contributed by atoms with Crippen LogP contribution in [-0.4, -0.2) is 45.3 Å². The number of aromatic nitrogens is 2. The molecule has 1 spiro atoms. The highest BCUT2D eigenvalue weighted by Crippen LogP contribution is 2.41. The van der Waals surface area contributed by atoms with Crippen LogP contribution in [0.15, 0.2) is 42.7 Å². The third-order valence-electron chi connectivity index (χ3n) is 5.78. The fourth-order valence-electron chi connectivity index (χ4n) is 4.27. The molecule has 4 heterocycles. The van der Waals surface area contributed by atoms with Gasteiger partial charge in [0.2, 0.25) is 5.91 Å². The Kier molecular flexibility index (Phi) is 4.72. The minimum Gasteiger partial charge on any atom is -0.338 e. The van der Waals surface area contributed by atoms with Crippen molar-refractivity contribution in [2.24, 2.45) is 5.41 Å². The van der Waals surface area contributed by atoms with Crippen molar-refractivity contribution in [1.82, 2.24) is 19.8 Å². The normalized spacial score (nSPS) is 20.0. The maximum Gasteiger partial charge on any atom is 0.223 e. The van der Waals surface area contributed by atoms with Crippen LogP contribution in [0.2, 0.25) is 0 Å². The van der Waals surface area contributed by atoms with E-state index in [1.54, 1.807) is 12.4 Å². The van der Waals surface area contributed by atoms with Crippen molar-refractivity contribution in [2.45, 2.75) is 39.3 Å². The van der Waals surface area contributed by atoms with Crippen LogP contribution in [-0.2, 0) is 17.9 Å². The van der Waals surface area contributed by atoms with Gasteiger partial charge < -0.3 is 4.90 Å². The highest BCUT2D eigenvalue weighted by atomic mass is 16.2. The zero-order valence-corrected chi connectivity index (χ0v) is 15.4. The molecule has 0 saturated carbocycles. The maximum absolute atomic E-state index is 12.5. The molecule has 4 rings (SSSR count). The summed E-state index contributed by atoms with van der Waals surface area (Å²) in [5, 5.41) is 0. The van der Waals surface area contributed by atoms with E-state index in [1.165, 1.54) is 0 Å². The lowest BCUT2D eigenvalue weighted by Gasteiger charge is -2.38. The summed E-state index contributed by atoms with van der Waals surface area (Å²) in [6.07, 6.45) is 6.48. The molecule has 0 bridgehead atoms. The van der Waals surface area contributed by atoms with Crippen molar-refractivity contribution < 1.29 is 4.79 Å². The molecule has 0 N–H and O–H groups in total. The number of aryl methyl sites for hydroxylation is 1. The Bertz CT molecular complexity index is 769. The van der Waals surface area contributed by atoms with E-state index in [4.69, 9.17) is 0 Å². The summed E-state index contributed by atoms with van der Waals surface area (Å²) in [4.78, 5) is 25.7. The topological polar surface area (TPSA) is 49.3 Å². The van der Waals surface area contributed by atoms with E-state index >= 15 is 0 Å². The Morgan fingerprint density at radius 2 is 1.85 bits per heavy atom. The van der Waals surface area contributed by atoms with E-state index in [2.05, 4.69) is 27.0 Å². The first-order chi connectivity index (χ1) is 12.6. The molecule has 2 saturated heterocycles. The second-order valence-corrected chi connectivity index (χ2v) is 7.83. The van der Waals surface area contributed by atoms with Crippen LogP contribution in [0.4, 0.5) is 0 Å². The van der Waals surface area contributed by atoms with Gasteiger partial charge in [0.05, 0.1) is 5.69 Å². The summed E-state index contributed by atoms with van der Waals surface area (Å²) in [5.41, 5.74) is 3.54. The number of hydrogen-bond acceptors (Lipinski definition) is 4. The van der Waals surface area contributed by atoms with Gasteiger partial charge in [-0.1, -0.05) is 6.07 Å². The summed E-state index contributed by atoms with van der Waals surface area (Å²) >= 11 is 0. The van der Waals surface area contributed by atoms with Crippen LogP contribution < -0.4 is 0 Å². The summed E-state index contributed by atoms with van der Waals surface area (Å²) in [7, 11) is 0. The Morgan fingerprint density at radius 3 is 2.58 bits per heavy atom. The summed E-state index contributed by atoms with van der Waals surface area (Å²) in [5.74, 6) is 0.301. The SMILES string of the molecule is Cc1cccc(CN2CCC3(CC2)CC(=O)N(Cc2ccncc2)C3)n1. The lowest BCUT2D eigenvalue weighted by molar-refractivity contribution is -0.128. The zero-order valence-electron chi connectivity index (χ0n) is 15.4. The molecule has 2 aromatic rings. The first-order valence-corrected chi connectivity index (χ1v) is 9.44. The van der Waals surface area contributed by atoms with Gasteiger partial charge in [0.1, 0.15) is 0 Å². The summed E-state index contributed by atoms with van der Waals surface area (Å²) in [6, 6.07) is 10.2. The molecular weight excluding hydrogens is 324 g/mol. The molecule has 0 atom stereocenters. The van der Waals surface area contributed by atoms with Gasteiger partial charge in [0.25, 0.3) is 0 Å². The minimum atomic E-state index is 0.167. The molecular formula is C21H26N4O. The summed E-state index contributed by atoms with van der Waals surface area (Å²) < 4.78 is 0. The van der Waals surface area contributed by atoms with E-state index in [0.717, 1.165) is 56.0 Å². The average Bonchev–Trinajstić information content (AvgIpc) is 2.93. The van der Waals surface area contributed by atoms with E-state index < -0.39 is 0 Å². The molecule has 0 radical (unpaired) electrons. The summed E-state index contributed by atoms with van der Waals surface area (Å²) in [6.45, 7) is 6.64. The van der Waals surface area contributed by atoms with Crippen molar-refractivity contribution in [2.75, 3.05) is 19.6 Å². The molecule has 0 unspecified atom stereocenters. The quantitative estimate of drug-likeness (QED) is 0.851. The molecule has 2 aromatic heterocycles. The Morgan fingerprint density at radius 1 is 1.08 bits per heavy atom. The number of pyridine rings is 2. The maximum atomic E-state index is 12.5. The van der Waals surface area contributed by atoms with E-state index in [-0.39, 0.29) is 5.41 Å². The van der Waals surface area contributed by atoms with Gasteiger partial charge in [0.15, 0.2) is 0 Å². The molecule has 1 amide bonds. The van der Waals surface area contributed by atoms with E-state index in [0.29, 0.717) is 18.9 Å². The molecule has 5 heteroatoms. The van der Waals surface area contributed by atoms with E-state index in [9.17, 15) is 4.79 Å². The van der Waals surface area contributed by atoms with Crippen molar-refractivity contribution in [1.29, 1.82) is 0 Å². The van der Waals surface area contributed by atoms with Gasteiger partial charge in [-0.2, -0.15) is 0 Å². The smallest absolute Gasteiger partial charge is 0.223 e. The van der Waals surface area contributed by atoms with Crippen LogP contribution in [0.25, 0.3) is 0 Å². The van der Waals surface area contributed by atoms with Gasteiger partial charge >= 0.3 is 0 Å². The highest BCUT2D eigenvalue weighted by molar-refractivity contribution is 5.79. The van der Waals surface area contributed by atoms with Crippen molar-refractivity contribution in [3.8, 4) is 0 Å². The van der Waals surface area contributed by atoms with Crippen molar-refractivity contribution >= 4 is 5.91 Å². The molecule has 26 heavy (non-hydrogen) atoms. The highest BCUT2D eigenvalue weighted by Gasteiger charge is 2.44. The molecule has 5 nitrogen and oxygen atoms in total. The van der Waals surface area contributed by atoms with Gasteiger partial charge in [-0.15, -0.1) is 0 Å². The Hall–Kier alpha value is -2.27. The first-order valence-electron chi connectivity index (χ1n) is 9.44. The number of nitrogens with zero attached hydrogens (tertiary/aromatic N) is 4. The number of likely N-dealkylation sites (tertiary alicyclic amines) is 2. The number of amides is 1. The van der Waals surface area contributed by atoms with E-state index in [1.807, 2.05) is 30.0 Å². The third kappa shape index (κ3) is 3.78. The number of carbonyl (C=O) groups excluding carboxylic acids is 1. The van der Waals surface area contributed by atoms with Crippen LogP contribution in [0.3, 0.4) is 0 Å². The van der Waals surface area contributed by atoms with Gasteiger partial charge in [-0.05, 0) is 68.1 Å². The number of carbonyl (C=O) groups is 1. The number of piperidine rings is 1. The molecule has 2 aliphatic heterocycles. The Labute approximate surface area is 155 Å². The number of hydrogen-bond donors (Lipinski definition) is 0. The molecule has 2 aliphatic rings. The average molecular weight is 350 g/mol. The largest absolute Gasteiger partial charge is 0.338 e. The standard InChI is InChI=1S/C21H26N4O/c1-17-3-2-4-19(23-17)15-24-11-7-21(8-12-24)13-20(26)25(16-21)14-18-5-9-22-10-6-18/h2-6,9-10H,7-8,11-16H2,1H3. The fourth-order valence-corrected chi connectivity index (χ4v) is 4.27. The second-order valence-electron chi connectivity index (χ2n) is 7.83. The minimum absolute atomic E-state index is 0.167. The molecule has 2 fully saturated rings. The number of rotatable bonds is 4. The lowest BCUT2D eigenvalue weighted by Crippen LogP contribution is -2.41. The van der Waals surface area contributed by atoms with Gasteiger partial charge in [-0.3, -0.25) is 19.7 Å². The van der Waals surface area contributed by atoms with Crippen LogP contribution >= 0.6 is 0 Å².